The van der Waals surface area contributed by atoms with Crippen LogP contribution in [0.5, 0.6) is 5.75 Å². The topological polar surface area (TPSA) is 61.8 Å². The molecule has 2 aliphatic rings. The van der Waals surface area contributed by atoms with E-state index in [1.165, 1.54) is 24.1 Å². The normalized spacial score (nSPS) is 17.5. The lowest BCUT2D eigenvalue weighted by Crippen LogP contribution is -2.45. The second-order valence-corrected chi connectivity index (χ2v) is 8.28. The predicted molar refractivity (Wildman–Crippen MR) is 114 cm³/mol. The molecule has 2 aromatic rings. The van der Waals surface area contributed by atoms with E-state index >= 15 is 0 Å². The molecule has 1 saturated carbocycles. The summed E-state index contributed by atoms with van der Waals surface area (Å²) in [6.07, 6.45) is 2.77. The largest absolute Gasteiger partial charge is 0.493 e. The lowest BCUT2D eigenvalue weighted by Gasteiger charge is -2.41. The third-order valence-electron chi connectivity index (χ3n) is 5.89. The molecule has 5 heteroatoms. The number of aliphatic hydroxyl groups is 1. The van der Waals surface area contributed by atoms with Gasteiger partial charge in [-0.3, -0.25) is 4.79 Å². The van der Waals surface area contributed by atoms with Gasteiger partial charge in [0.25, 0.3) is 0 Å². The Morgan fingerprint density at radius 2 is 1.83 bits per heavy atom. The number of nitrogens with one attached hydrogen (secondary N) is 1. The van der Waals surface area contributed by atoms with Crippen LogP contribution in [0, 0.1) is 5.92 Å². The van der Waals surface area contributed by atoms with Crippen LogP contribution in [-0.2, 0) is 4.79 Å². The van der Waals surface area contributed by atoms with Crippen LogP contribution in [-0.4, -0.2) is 37.3 Å². The maximum absolute atomic E-state index is 11.6. The molecule has 154 valence electrons. The average Bonchev–Trinajstić information content (AvgIpc) is 3.51. The minimum absolute atomic E-state index is 0.0540. The fourth-order valence-electron chi connectivity index (χ4n) is 3.71. The van der Waals surface area contributed by atoms with Crippen LogP contribution in [0.4, 0.5) is 5.69 Å². The first-order chi connectivity index (χ1) is 14.1. The number of carbonyl (C=O) groups excluding carboxylic acids is 1. The number of carbonyl (C=O) groups is 1. The number of benzene rings is 2. The quantitative estimate of drug-likeness (QED) is 0.682. The highest BCUT2D eigenvalue weighted by molar-refractivity contribution is 5.76. The van der Waals surface area contributed by atoms with E-state index in [-0.39, 0.29) is 25.0 Å². The molecule has 0 aromatic heterocycles. The monoisotopic (exact) mass is 394 g/mol. The second-order valence-electron chi connectivity index (χ2n) is 8.28. The number of ether oxygens (including phenoxy) is 1. The van der Waals surface area contributed by atoms with Crippen molar-refractivity contribution in [1.29, 1.82) is 0 Å². The Morgan fingerprint density at radius 1 is 1.14 bits per heavy atom. The van der Waals surface area contributed by atoms with Gasteiger partial charge in [0.1, 0.15) is 5.75 Å². The number of anilines is 1. The highest BCUT2D eigenvalue weighted by Gasteiger charge is 2.28. The van der Waals surface area contributed by atoms with E-state index in [1.807, 2.05) is 6.92 Å². The molecule has 2 N–H and O–H groups in total. The summed E-state index contributed by atoms with van der Waals surface area (Å²) >= 11 is 0. The number of hydrogen-bond donors (Lipinski definition) is 2. The molecule has 0 unspecified atom stereocenters. The van der Waals surface area contributed by atoms with Crippen molar-refractivity contribution < 1.29 is 14.6 Å². The van der Waals surface area contributed by atoms with E-state index < -0.39 is 0 Å². The van der Waals surface area contributed by atoms with Crippen molar-refractivity contribution in [3.8, 4) is 5.75 Å². The average molecular weight is 395 g/mol. The van der Waals surface area contributed by atoms with Gasteiger partial charge < -0.3 is 20.1 Å². The molecule has 29 heavy (non-hydrogen) atoms. The summed E-state index contributed by atoms with van der Waals surface area (Å²) in [7, 11) is 0. The summed E-state index contributed by atoms with van der Waals surface area (Å²) < 4.78 is 5.82. The summed E-state index contributed by atoms with van der Waals surface area (Å²) in [6, 6.07) is 16.9. The minimum atomic E-state index is -0.123. The first kappa shape index (κ1) is 19.8. The van der Waals surface area contributed by atoms with Gasteiger partial charge >= 0.3 is 0 Å². The number of amides is 1. The number of hydrogen-bond acceptors (Lipinski definition) is 4. The first-order valence-corrected chi connectivity index (χ1v) is 10.6. The highest BCUT2D eigenvalue weighted by atomic mass is 16.5. The van der Waals surface area contributed by atoms with Crippen LogP contribution in [0.1, 0.15) is 49.3 Å². The lowest BCUT2D eigenvalue weighted by atomic mass is 9.90. The predicted octanol–water partition coefficient (Wildman–Crippen LogP) is 3.64. The molecule has 0 spiro atoms. The fourth-order valence-corrected chi connectivity index (χ4v) is 3.71. The summed E-state index contributed by atoms with van der Waals surface area (Å²) in [5, 5.41) is 11.8. The summed E-state index contributed by atoms with van der Waals surface area (Å²) in [6.45, 7) is 4.74. The molecule has 1 aliphatic carbocycles. The zero-order valence-electron chi connectivity index (χ0n) is 17.0. The zero-order valence-corrected chi connectivity index (χ0v) is 17.0. The van der Waals surface area contributed by atoms with Crippen molar-refractivity contribution >= 4 is 11.6 Å². The van der Waals surface area contributed by atoms with Crippen LogP contribution in [0.15, 0.2) is 48.5 Å². The SMILES string of the molecule is C[C@H](NC(=O)CCO)c1ccc(C2CN(c3ccc(OCC4CC4)cc3)C2)cc1. The number of nitrogens with zero attached hydrogens (tertiary/aromatic N) is 1. The molecular formula is C24H30N2O3. The molecule has 0 bridgehead atoms. The molecule has 1 amide bonds. The molecule has 1 aliphatic heterocycles. The van der Waals surface area contributed by atoms with Crippen molar-refractivity contribution in [2.24, 2.45) is 5.92 Å². The van der Waals surface area contributed by atoms with Gasteiger partial charge in [0.2, 0.25) is 5.91 Å². The van der Waals surface area contributed by atoms with Gasteiger partial charge in [0, 0.05) is 31.1 Å². The molecule has 4 rings (SSSR count). The summed E-state index contributed by atoms with van der Waals surface area (Å²) in [5.41, 5.74) is 3.66. The van der Waals surface area contributed by atoms with E-state index in [9.17, 15) is 4.79 Å². The number of aliphatic hydroxyl groups excluding tert-OH is 1. The molecule has 5 nitrogen and oxygen atoms in total. The van der Waals surface area contributed by atoms with E-state index in [1.54, 1.807) is 0 Å². The van der Waals surface area contributed by atoms with Crippen molar-refractivity contribution in [1.82, 2.24) is 5.32 Å². The standard InChI is InChI=1S/C24H30N2O3/c1-17(25-24(28)12-13-27)19-4-6-20(7-5-19)21-14-26(15-21)22-8-10-23(11-9-22)29-16-18-2-3-18/h4-11,17-18,21,27H,2-3,12-16H2,1H3,(H,25,28)/t17-/m0/s1. The molecule has 1 saturated heterocycles. The summed E-state index contributed by atoms with van der Waals surface area (Å²) in [5.74, 6) is 2.15. The third kappa shape index (κ3) is 5.10. The first-order valence-electron chi connectivity index (χ1n) is 10.6. The van der Waals surface area contributed by atoms with Crippen LogP contribution in [0.2, 0.25) is 0 Å². The molecule has 2 aromatic carbocycles. The Balaban J connectivity index is 1.26. The van der Waals surface area contributed by atoms with Crippen LogP contribution in [0.3, 0.4) is 0 Å². The zero-order chi connectivity index (χ0) is 20.2. The van der Waals surface area contributed by atoms with E-state index in [4.69, 9.17) is 9.84 Å². The minimum Gasteiger partial charge on any atom is -0.493 e. The van der Waals surface area contributed by atoms with Gasteiger partial charge in [0.05, 0.1) is 19.3 Å². The van der Waals surface area contributed by atoms with Gasteiger partial charge in [-0.25, -0.2) is 0 Å². The van der Waals surface area contributed by atoms with Gasteiger partial charge in [-0.15, -0.1) is 0 Å². The molecular weight excluding hydrogens is 364 g/mol. The van der Waals surface area contributed by atoms with Gasteiger partial charge in [-0.1, -0.05) is 24.3 Å². The maximum Gasteiger partial charge on any atom is 0.222 e. The van der Waals surface area contributed by atoms with Gasteiger partial charge in [-0.2, -0.15) is 0 Å². The second kappa shape index (κ2) is 8.87. The van der Waals surface area contributed by atoms with E-state index in [0.717, 1.165) is 36.9 Å². The highest BCUT2D eigenvalue weighted by Crippen LogP contribution is 2.34. The molecule has 1 heterocycles. The van der Waals surface area contributed by atoms with Crippen LogP contribution < -0.4 is 15.0 Å². The van der Waals surface area contributed by atoms with E-state index in [2.05, 4.69) is 58.7 Å². The third-order valence-corrected chi connectivity index (χ3v) is 5.89. The smallest absolute Gasteiger partial charge is 0.222 e. The van der Waals surface area contributed by atoms with Crippen molar-refractivity contribution in [3.05, 3.63) is 59.7 Å². The Morgan fingerprint density at radius 3 is 2.45 bits per heavy atom. The van der Waals surface area contributed by atoms with Gasteiger partial charge in [0.15, 0.2) is 0 Å². The van der Waals surface area contributed by atoms with Crippen LogP contribution in [0.25, 0.3) is 0 Å². The summed E-state index contributed by atoms with van der Waals surface area (Å²) in [4.78, 5) is 14.0. The fraction of sp³-hybridized carbons (Fsp3) is 0.458. The van der Waals surface area contributed by atoms with Crippen molar-refractivity contribution in [3.63, 3.8) is 0 Å². The van der Waals surface area contributed by atoms with E-state index in [0.29, 0.717) is 5.92 Å². The Kier molecular flexibility index (Phi) is 6.05. The van der Waals surface area contributed by atoms with Gasteiger partial charge in [-0.05, 0) is 61.1 Å². The van der Waals surface area contributed by atoms with Crippen LogP contribution >= 0.6 is 0 Å². The Hall–Kier alpha value is -2.53. The number of rotatable bonds is 9. The van der Waals surface area contributed by atoms with Crippen molar-refractivity contribution in [2.45, 2.75) is 38.1 Å². The Labute approximate surface area is 172 Å². The molecule has 2 fully saturated rings. The van der Waals surface area contributed by atoms with Crippen molar-refractivity contribution in [2.75, 3.05) is 31.2 Å². The molecule has 0 radical (unpaired) electrons. The lowest BCUT2D eigenvalue weighted by molar-refractivity contribution is -0.122. The Bertz CT molecular complexity index is 809. The molecule has 1 atom stereocenters. The maximum atomic E-state index is 11.6.